The molecule has 1 aromatic rings. The highest BCUT2D eigenvalue weighted by Gasteiger charge is 2.19. The third-order valence-electron chi connectivity index (χ3n) is 2.89. The molecule has 0 radical (unpaired) electrons. The lowest BCUT2D eigenvalue weighted by atomic mass is 10.2. The standard InChI is InChI=1S/C15H21NO5/c1-4-5-11(15(18)19)16-14(17)9-21-12-7-6-10(2)8-13(12)20-3/h6-8,11H,4-5,9H2,1-3H3,(H,16,17)(H,18,19)/t11-/m0/s1. The summed E-state index contributed by atoms with van der Waals surface area (Å²) in [7, 11) is 1.52. The number of nitrogens with one attached hydrogen (secondary N) is 1. The van der Waals surface area contributed by atoms with Gasteiger partial charge < -0.3 is 19.9 Å². The fraction of sp³-hybridized carbons (Fsp3) is 0.467. The van der Waals surface area contributed by atoms with Crippen LogP contribution in [0.15, 0.2) is 18.2 Å². The van der Waals surface area contributed by atoms with Crippen LogP contribution in [0.4, 0.5) is 0 Å². The van der Waals surface area contributed by atoms with Crippen molar-refractivity contribution in [3.8, 4) is 11.5 Å². The zero-order chi connectivity index (χ0) is 15.8. The Morgan fingerprint density at radius 1 is 1.33 bits per heavy atom. The molecule has 1 aromatic carbocycles. The molecule has 0 aliphatic heterocycles. The summed E-state index contributed by atoms with van der Waals surface area (Å²) in [5.74, 6) is -0.539. The Hall–Kier alpha value is -2.24. The highest BCUT2D eigenvalue weighted by Crippen LogP contribution is 2.27. The summed E-state index contributed by atoms with van der Waals surface area (Å²) >= 11 is 0. The van der Waals surface area contributed by atoms with Gasteiger partial charge in [-0.3, -0.25) is 4.79 Å². The van der Waals surface area contributed by atoms with Gasteiger partial charge in [-0.1, -0.05) is 19.4 Å². The van der Waals surface area contributed by atoms with Crippen molar-refractivity contribution < 1.29 is 24.2 Å². The van der Waals surface area contributed by atoms with Crippen molar-refractivity contribution in [3.05, 3.63) is 23.8 Å². The van der Waals surface area contributed by atoms with E-state index in [0.717, 1.165) is 5.56 Å². The van der Waals surface area contributed by atoms with Gasteiger partial charge in [-0.2, -0.15) is 0 Å². The molecule has 21 heavy (non-hydrogen) atoms. The summed E-state index contributed by atoms with van der Waals surface area (Å²) in [5, 5.41) is 11.4. The van der Waals surface area contributed by atoms with Crippen LogP contribution < -0.4 is 14.8 Å². The molecule has 0 aliphatic carbocycles. The average Bonchev–Trinajstić information content (AvgIpc) is 2.45. The number of aryl methyl sites for hydroxylation is 1. The third kappa shape index (κ3) is 5.33. The predicted octanol–water partition coefficient (Wildman–Crippen LogP) is 1.75. The summed E-state index contributed by atoms with van der Waals surface area (Å²) in [6, 6.07) is 4.46. The van der Waals surface area contributed by atoms with Crippen molar-refractivity contribution in [1.82, 2.24) is 5.32 Å². The van der Waals surface area contributed by atoms with Crippen molar-refractivity contribution in [2.75, 3.05) is 13.7 Å². The zero-order valence-corrected chi connectivity index (χ0v) is 12.5. The largest absolute Gasteiger partial charge is 0.493 e. The predicted molar refractivity (Wildman–Crippen MR) is 77.7 cm³/mol. The number of benzene rings is 1. The quantitative estimate of drug-likeness (QED) is 0.763. The van der Waals surface area contributed by atoms with Gasteiger partial charge in [-0.05, 0) is 31.0 Å². The van der Waals surface area contributed by atoms with E-state index >= 15 is 0 Å². The normalized spacial score (nSPS) is 11.6. The van der Waals surface area contributed by atoms with Crippen molar-refractivity contribution >= 4 is 11.9 Å². The van der Waals surface area contributed by atoms with Crippen LogP contribution in [-0.2, 0) is 9.59 Å². The van der Waals surface area contributed by atoms with E-state index in [1.807, 2.05) is 19.9 Å². The van der Waals surface area contributed by atoms with E-state index in [-0.39, 0.29) is 6.61 Å². The molecule has 1 rings (SSSR count). The summed E-state index contributed by atoms with van der Waals surface area (Å²) in [5.41, 5.74) is 1.01. The van der Waals surface area contributed by atoms with Gasteiger partial charge in [0.2, 0.25) is 0 Å². The van der Waals surface area contributed by atoms with Crippen LogP contribution >= 0.6 is 0 Å². The molecule has 0 unspecified atom stereocenters. The molecule has 1 atom stereocenters. The first-order chi connectivity index (χ1) is 9.97. The molecule has 6 heteroatoms. The lowest BCUT2D eigenvalue weighted by Gasteiger charge is -2.15. The van der Waals surface area contributed by atoms with Gasteiger partial charge in [0.05, 0.1) is 7.11 Å². The summed E-state index contributed by atoms with van der Waals surface area (Å²) in [6.45, 7) is 3.52. The summed E-state index contributed by atoms with van der Waals surface area (Å²) in [6.07, 6.45) is 1.05. The maximum Gasteiger partial charge on any atom is 0.326 e. The van der Waals surface area contributed by atoms with Crippen LogP contribution in [-0.4, -0.2) is 36.7 Å². The number of carbonyl (C=O) groups excluding carboxylic acids is 1. The lowest BCUT2D eigenvalue weighted by molar-refractivity contribution is -0.142. The monoisotopic (exact) mass is 295 g/mol. The molecule has 0 saturated carbocycles. The number of carbonyl (C=O) groups is 2. The first-order valence-electron chi connectivity index (χ1n) is 6.77. The van der Waals surface area contributed by atoms with E-state index in [0.29, 0.717) is 24.3 Å². The second kappa shape index (κ2) is 8.14. The number of hydrogen-bond donors (Lipinski definition) is 2. The SMILES string of the molecule is CCC[C@H](NC(=O)COc1ccc(C)cc1OC)C(=O)O. The number of aliphatic carboxylic acids is 1. The number of hydrogen-bond acceptors (Lipinski definition) is 4. The molecule has 0 aromatic heterocycles. The molecular weight excluding hydrogens is 274 g/mol. The van der Waals surface area contributed by atoms with E-state index in [4.69, 9.17) is 14.6 Å². The number of rotatable bonds is 8. The Bertz CT molecular complexity index is 501. The van der Waals surface area contributed by atoms with E-state index in [1.165, 1.54) is 7.11 Å². The van der Waals surface area contributed by atoms with Gasteiger partial charge in [0.1, 0.15) is 6.04 Å². The van der Waals surface area contributed by atoms with Crippen LogP contribution in [0.1, 0.15) is 25.3 Å². The molecule has 1 amide bonds. The zero-order valence-electron chi connectivity index (χ0n) is 12.5. The van der Waals surface area contributed by atoms with Crippen LogP contribution in [0, 0.1) is 6.92 Å². The second-order valence-corrected chi connectivity index (χ2v) is 4.69. The minimum absolute atomic E-state index is 0.257. The molecule has 0 heterocycles. The Kier molecular flexibility index (Phi) is 6.52. The number of ether oxygens (including phenoxy) is 2. The van der Waals surface area contributed by atoms with E-state index in [1.54, 1.807) is 12.1 Å². The Balaban J connectivity index is 2.58. The number of amides is 1. The van der Waals surface area contributed by atoms with Gasteiger partial charge in [0.25, 0.3) is 5.91 Å². The third-order valence-corrected chi connectivity index (χ3v) is 2.89. The second-order valence-electron chi connectivity index (χ2n) is 4.69. The minimum atomic E-state index is -1.04. The molecule has 6 nitrogen and oxygen atoms in total. The molecule has 0 spiro atoms. The minimum Gasteiger partial charge on any atom is -0.493 e. The van der Waals surface area contributed by atoms with Crippen molar-refractivity contribution in [3.63, 3.8) is 0 Å². The Morgan fingerprint density at radius 3 is 2.62 bits per heavy atom. The number of carboxylic acids is 1. The first kappa shape index (κ1) is 16.8. The van der Waals surface area contributed by atoms with Crippen LogP contribution in [0.2, 0.25) is 0 Å². The van der Waals surface area contributed by atoms with Crippen molar-refractivity contribution in [2.24, 2.45) is 0 Å². The van der Waals surface area contributed by atoms with Crippen LogP contribution in [0.5, 0.6) is 11.5 Å². The van der Waals surface area contributed by atoms with Gasteiger partial charge in [-0.25, -0.2) is 4.79 Å². The van der Waals surface area contributed by atoms with E-state index in [2.05, 4.69) is 5.32 Å². The molecule has 0 bridgehead atoms. The van der Waals surface area contributed by atoms with Crippen LogP contribution in [0.3, 0.4) is 0 Å². The van der Waals surface area contributed by atoms with E-state index in [9.17, 15) is 9.59 Å². The van der Waals surface area contributed by atoms with Crippen LogP contribution in [0.25, 0.3) is 0 Å². The Morgan fingerprint density at radius 2 is 2.05 bits per heavy atom. The fourth-order valence-corrected chi connectivity index (χ4v) is 1.82. The molecule has 116 valence electrons. The maximum atomic E-state index is 11.7. The smallest absolute Gasteiger partial charge is 0.326 e. The summed E-state index contributed by atoms with van der Waals surface area (Å²) < 4.78 is 10.5. The number of carboxylic acid groups (broad SMARTS) is 1. The van der Waals surface area contributed by atoms with Crippen molar-refractivity contribution in [2.45, 2.75) is 32.7 Å². The fourth-order valence-electron chi connectivity index (χ4n) is 1.82. The van der Waals surface area contributed by atoms with Gasteiger partial charge >= 0.3 is 5.97 Å². The highest BCUT2D eigenvalue weighted by molar-refractivity contribution is 5.84. The van der Waals surface area contributed by atoms with Crippen molar-refractivity contribution in [1.29, 1.82) is 0 Å². The van der Waals surface area contributed by atoms with Gasteiger partial charge in [-0.15, -0.1) is 0 Å². The molecule has 0 fully saturated rings. The molecule has 0 aliphatic rings. The molecule has 2 N–H and O–H groups in total. The van der Waals surface area contributed by atoms with Gasteiger partial charge in [0, 0.05) is 0 Å². The maximum absolute atomic E-state index is 11.7. The molecular formula is C15H21NO5. The average molecular weight is 295 g/mol. The highest BCUT2D eigenvalue weighted by atomic mass is 16.5. The topological polar surface area (TPSA) is 84.9 Å². The van der Waals surface area contributed by atoms with Gasteiger partial charge in [0.15, 0.2) is 18.1 Å². The first-order valence-corrected chi connectivity index (χ1v) is 6.77. The molecule has 0 saturated heterocycles. The lowest BCUT2D eigenvalue weighted by Crippen LogP contribution is -2.42. The summed E-state index contributed by atoms with van der Waals surface area (Å²) in [4.78, 5) is 22.7. The van der Waals surface area contributed by atoms with E-state index < -0.39 is 17.9 Å². The Labute approximate surface area is 124 Å². The number of methoxy groups -OCH3 is 1.